The maximum absolute atomic E-state index is 11.9. The van der Waals surface area contributed by atoms with Gasteiger partial charge in [0.25, 0.3) is 0 Å². The predicted molar refractivity (Wildman–Crippen MR) is 101 cm³/mol. The van der Waals surface area contributed by atoms with E-state index in [1.54, 1.807) is 0 Å². The van der Waals surface area contributed by atoms with Crippen molar-refractivity contribution in [1.29, 1.82) is 0 Å². The van der Waals surface area contributed by atoms with Crippen LogP contribution in [0.25, 0.3) is 0 Å². The third-order valence-electron chi connectivity index (χ3n) is 3.03. The zero-order valence-electron chi connectivity index (χ0n) is 13.9. The summed E-state index contributed by atoms with van der Waals surface area (Å²) in [6.45, 7) is 8.39. The smallest absolute Gasteiger partial charge is 0.372 e. The molecule has 23 heavy (non-hydrogen) atoms. The van der Waals surface area contributed by atoms with Gasteiger partial charge in [0.1, 0.15) is 6.61 Å². The van der Waals surface area contributed by atoms with Crippen LogP contribution in [-0.4, -0.2) is 66.9 Å². The molecule has 0 bridgehead atoms. The fourth-order valence-corrected chi connectivity index (χ4v) is 3.27. The number of rotatable bonds is 6. The second-order valence-corrected chi connectivity index (χ2v) is 7.59. The summed E-state index contributed by atoms with van der Waals surface area (Å²) in [5.41, 5.74) is 0. The van der Waals surface area contributed by atoms with Crippen molar-refractivity contribution in [3.05, 3.63) is 0 Å². The molecular weight excluding hydrogens is 442 g/mol. The van der Waals surface area contributed by atoms with Gasteiger partial charge in [-0.1, -0.05) is 0 Å². The molecule has 1 aliphatic heterocycles. The van der Waals surface area contributed by atoms with Crippen LogP contribution in [0.1, 0.15) is 27.2 Å². The Bertz CT molecular complexity index is 368. The zero-order valence-corrected chi connectivity index (χ0v) is 17.1. The number of ether oxygens (including phenoxy) is 1. The minimum atomic E-state index is -4.25. The first-order chi connectivity index (χ1) is 10.2. The lowest BCUT2D eigenvalue weighted by Gasteiger charge is -2.39. The Morgan fingerprint density at radius 1 is 1.39 bits per heavy atom. The number of hydrogen-bond donors (Lipinski definition) is 1. The molecule has 0 radical (unpaired) electrons. The molecule has 0 unspecified atom stereocenters. The first-order valence-electron chi connectivity index (χ1n) is 7.55. The minimum absolute atomic E-state index is 0. The molecule has 0 amide bonds. The molecule has 0 aromatic heterocycles. The molecule has 1 aliphatic rings. The van der Waals surface area contributed by atoms with E-state index in [-0.39, 0.29) is 35.3 Å². The first-order valence-corrected chi connectivity index (χ1v) is 8.54. The monoisotopic (exact) mass is 469 g/mol. The van der Waals surface area contributed by atoms with E-state index in [0.717, 1.165) is 31.3 Å². The Morgan fingerprint density at radius 3 is 2.65 bits per heavy atom. The molecule has 0 atom stereocenters. The number of halogens is 4. The summed E-state index contributed by atoms with van der Waals surface area (Å²) in [5, 5.41) is 3.25. The number of thioether (sulfide) groups is 1. The van der Waals surface area contributed by atoms with Crippen LogP contribution in [-0.2, 0) is 4.74 Å². The number of nitrogens with zero attached hydrogens (tertiary/aromatic N) is 2. The standard InChI is InChI=1S/C14H26F3N3OS.HI/c1-4-18-12(20-7-9-22-13(2,3)10-20)19-6-5-8-21-11-14(15,16)17;/h4-11H2,1-3H3,(H,18,19);1H. The van der Waals surface area contributed by atoms with Crippen LogP contribution in [0, 0.1) is 0 Å². The van der Waals surface area contributed by atoms with E-state index in [1.165, 1.54) is 0 Å². The van der Waals surface area contributed by atoms with Crippen LogP contribution >= 0.6 is 35.7 Å². The third-order valence-corrected chi connectivity index (χ3v) is 4.33. The van der Waals surface area contributed by atoms with Crippen molar-refractivity contribution in [2.45, 2.75) is 38.1 Å². The first kappa shape index (κ1) is 23.1. The van der Waals surface area contributed by atoms with Crippen molar-refractivity contribution < 1.29 is 17.9 Å². The van der Waals surface area contributed by atoms with Crippen molar-refractivity contribution in [1.82, 2.24) is 10.2 Å². The van der Waals surface area contributed by atoms with Crippen molar-refractivity contribution in [3.8, 4) is 0 Å². The Hall–Kier alpha value is 0.1000. The van der Waals surface area contributed by atoms with Crippen LogP contribution < -0.4 is 5.32 Å². The van der Waals surface area contributed by atoms with E-state index >= 15 is 0 Å². The number of guanidine groups is 1. The largest absolute Gasteiger partial charge is 0.411 e. The summed E-state index contributed by atoms with van der Waals surface area (Å²) in [6.07, 6.45) is -3.77. The quantitative estimate of drug-likeness (QED) is 0.280. The molecule has 1 heterocycles. The molecule has 0 aliphatic carbocycles. The van der Waals surface area contributed by atoms with Gasteiger partial charge in [0.2, 0.25) is 0 Å². The third kappa shape index (κ3) is 10.5. The molecular formula is C14H27F3IN3OS. The van der Waals surface area contributed by atoms with Gasteiger partial charge < -0.3 is 15.0 Å². The predicted octanol–water partition coefficient (Wildman–Crippen LogP) is 3.37. The molecule has 0 spiro atoms. The average molecular weight is 469 g/mol. The van der Waals surface area contributed by atoms with Gasteiger partial charge in [0.15, 0.2) is 5.96 Å². The van der Waals surface area contributed by atoms with E-state index in [0.29, 0.717) is 13.0 Å². The molecule has 138 valence electrons. The molecule has 0 saturated carbocycles. The maximum atomic E-state index is 11.9. The van der Waals surface area contributed by atoms with Crippen LogP contribution in [0.15, 0.2) is 4.99 Å². The topological polar surface area (TPSA) is 36.9 Å². The lowest BCUT2D eigenvalue weighted by Crippen LogP contribution is -2.51. The van der Waals surface area contributed by atoms with Crippen LogP contribution in [0.2, 0.25) is 0 Å². The van der Waals surface area contributed by atoms with E-state index in [9.17, 15) is 13.2 Å². The highest BCUT2D eigenvalue weighted by Gasteiger charge is 2.29. The molecule has 0 aromatic rings. The normalized spacial score (nSPS) is 18.5. The van der Waals surface area contributed by atoms with E-state index in [1.807, 2.05) is 18.7 Å². The second-order valence-electron chi connectivity index (χ2n) is 5.79. The van der Waals surface area contributed by atoms with Gasteiger partial charge in [-0.2, -0.15) is 24.9 Å². The molecule has 1 N–H and O–H groups in total. The molecule has 1 saturated heterocycles. The fourth-order valence-electron chi connectivity index (χ4n) is 2.16. The van der Waals surface area contributed by atoms with Crippen molar-refractivity contribution in [3.63, 3.8) is 0 Å². The highest BCUT2D eigenvalue weighted by atomic mass is 127. The Labute approximate surface area is 158 Å². The van der Waals surface area contributed by atoms with E-state index < -0.39 is 12.8 Å². The van der Waals surface area contributed by atoms with E-state index in [4.69, 9.17) is 0 Å². The van der Waals surface area contributed by atoms with Gasteiger partial charge in [-0.15, -0.1) is 24.0 Å². The van der Waals surface area contributed by atoms with Gasteiger partial charge in [-0.3, -0.25) is 4.99 Å². The highest BCUT2D eigenvalue weighted by Crippen LogP contribution is 2.29. The summed E-state index contributed by atoms with van der Waals surface area (Å²) < 4.78 is 40.6. The fraction of sp³-hybridized carbons (Fsp3) is 0.929. The number of aliphatic imine (C=N–C) groups is 1. The number of alkyl halides is 3. The van der Waals surface area contributed by atoms with Crippen molar-refractivity contribution in [2.75, 3.05) is 45.1 Å². The summed E-state index contributed by atoms with van der Waals surface area (Å²) in [6, 6.07) is 0. The summed E-state index contributed by atoms with van der Waals surface area (Å²) in [7, 11) is 0. The van der Waals surface area contributed by atoms with Gasteiger partial charge in [-0.05, 0) is 27.2 Å². The molecule has 4 nitrogen and oxygen atoms in total. The summed E-state index contributed by atoms with van der Waals surface area (Å²) >= 11 is 1.95. The molecule has 1 rings (SSSR count). The van der Waals surface area contributed by atoms with Gasteiger partial charge in [0.05, 0.1) is 0 Å². The van der Waals surface area contributed by atoms with Crippen molar-refractivity contribution in [2.24, 2.45) is 4.99 Å². The Morgan fingerprint density at radius 2 is 2.09 bits per heavy atom. The van der Waals surface area contributed by atoms with Crippen molar-refractivity contribution >= 4 is 41.7 Å². The van der Waals surface area contributed by atoms with Crippen LogP contribution in [0.3, 0.4) is 0 Å². The Kier molecular flexibility index (Phi) is 10.9. The lowest BCUT2D eigenvalue weighted by molar-refractivity contribution is -0.173. The number of hydrogen-bond acceptors (Lipinski definition) is 3. The minimum Gasteiger partial charge on any atom is -0.372 e. The molecule has 0 aromatic carbocycles. The van der Waals surface area contributed by atoms with E-state index in [2.05, 4.69) is 33.8 Å². The van der Waals surface area contributed by atoms with Gasteiger partial charge in [-0.25, -0.2) is 0 Å². The molecule has 1 fully saturated rings. The zero-order chi connectivity index (χ0) is 16.6. The number of nitrogens with one attached hydrogen (secondary N) is 1. The van der Waals surface area contributed by atoms with Crippen LogP contribution in [0.4, 0.5) is 13.2 Å². The maximum Gasteiger partial charge on any atom is 0.411 e. The van der Waals surface area contributed by atoms with Crippen LogP contribution in [0.5, 0.6) is 0 Å². The Balaban J connectivity index is 0.00000484. The average Bonchev–Trinajstić information content (AvgIpc) is 2.39. The molecule has 9 heteroatoms. The lowest BCUT2D eigenvalue weighted by atomic mass is 10.2. The SMILES string of the molecule is CCNC(=NCCCOCC(F)(F)F)N1CCSC(C)(C)C1.I. The highest BCUT2D eigenvalue weighted by molar-refractivity contribution is 14.0. The summed E-state index contributed by atoms with van der Waals surface area (Å²) in [5.74, 6) is 1.89. The van der Waals surface area contributed by atoms with Gasteiger partial charge in [0, 0.05) is 43.3 Å². The summed E-state index contributed by atoms with van der Waals surface area (Å²) in [4.78, 5) is 6.72. The second kappa shape index (κ2) is 10.9. The van der Waals surface area contributed by atoms with Gasteiger partial charge >= 0.3 is 6.18 Å².